The molecule has 3 rings (SSSR count). The largest absolute Gasteiger partial charge is 0.484 e. The molecule has 0 aliphatic carbocycles. The fourth-order valence-electron chi connectivity index (χ4n) is 2.88. The third kappa shape index (κ3) is 6.21. The maximum atomic E-state index is 12.0. The van der Waals surface area contributed by atoms with Crippen molar-refractivity contribution in [2.24, 2.45) is 0 Å². The summed E-state index contributed by atoms with van der Waals surface area (Å²) in [6, 6.07) is 19.1. The lowest BCUT2D eigenvalue weighted by Gasteiger charge is -2.19. The molecular formula is C24H25BrN2O4. The molecule has 0 spiro atoms. The first kappa shape index (κ1) is 22.6. The van der Waals surface area contributed by atoms with Crippen molar-refractivity contribution in [2.45, 2.75) is 26.2 Å². The second kappa shape index (κ2) is 9.83. The van der Waals surface area contributed by atoms with Crippen molar-refractivity contribution in [1.82, 2.24) is 10.9 Å². The molecule has 2 N–H and O–H groups in total. The van der Waals surface area contributed by atoms with Crippen LogP contribution in [0.25, 0.3) is 10.8 Å². The van der Waals surface area contributed by atoms with E-state index in [1.807, 2.05) is 54.6 Å². The maximum absolute atomic E-state index is 12.0. The van der Waals surface area contributed by atoms with Crippen LogP contribution in [0.4, 0.5) is 0 Å². The normalized spacial score (nSPS) is 11.1. The van der Waals surface area contributed by atoms with Crippen molar-refractivity contribution >= 4 is 38.5 Å². The highest BCUT2D eigenvalue weighted by atomic mass is 79.9. The Balaban J connectivity index is 1.42. The molecule has 0 fully saturated rings. The molecule has 0 radical (unpaired) electrons. The monoisotopic (exact) mass is 484 g/mol. The van der Waals surface area contributed by atoms with Gasteiger partial charge in [0.25, 0.3) is 11.8 Å². The Morgan fingerprint density at radius 3 is 2.10 bits per heavy atom. The zero-order valence-electron chi connectivity index (χ0n) is 17.7. The van der Waals surface area contributed by atoms with Gasteiger partial charge in [0, 0.05) is 0 Å². The van der Waals surface area contributed by atoms with E-state index in [2.05, 4.69) is 47.6 Å². The van der Waals surface area contributed by atoms with Gasteiger partial charge in [-0.25, -0.2) is 0 Å². The van der Waals surface area contributed by atoms with Crippen molar-refractivity contribution < 1.29 is 19.1 Å². The highest BCUT2D eigenvalue weighted by molar-refractivity contribution is 9.10. The average molecular weight is 485 g/mol. The fraction of sp³-hybridized carbons (Fsp3) is 0.250. The van der Waals surface area contributed by atoms with Crippen molar-refractivity contribution in [3.63, 3.8) is 0 Å². The van der Waals surface area contributed by atoms with E-state index in [4.69, 9.17) is 9.47 Å². The van der Waals surface area contributed by atoms with E-state index in [0.717, 1.165) is 15.2 Å². The summed E-state index contributed by atoms with van der Waals surface area (Å²) in [5.74, 6) is 0.171. The van der Waals surface area contributed by atoms with Gasteiger partial charge in [0.2, 0.25) is 0 Å². The Morgan fingerprint density at radius 1 is 0.839 bits per heavy atom. The quantitative estimate of drug-likeness (QED) is 0.504. The summed E-state index contributed by atoms with van der Waals surface area (Å²) in [5, 5.41) is 2.05. The molecule has 0 bridgehead atoms. The minimum atomic E-state index is -0.483. The molecule has 31 heavy (non-hydrogen) atoms. The molecule has 0 heterocycles. The second-order valence-electron chi connectivity index (χ2n) is 8.05. The van der Waals surface area contributed by atoms with Crippen molar-refractivity contribution in [2.75, 3.05) is 13.2 Å². The number of hydrazine groups is 1. The lowest BCUT2D eigenvalue weighted by molar-refractivity contribution is -0.131. The lowest BCUT2D eigenvalue weighted by Crippen LogP contribution is -2.45. The topological polar surface area (TPSA) is 76.7 Å². The molecule has 0 saturated heterocycles. The minimum absolute atomic E-state index is 0.0463. The molecule has 0 aliphatic rings. The van der Waals surface area contributed by atoms with Gasteiger partial charge in [0.05, 0.1) is 4.47 Å². The van der Waals surface area contributed by atoms with Crippen molar-refractivity contribution in [3.05, 3.63) is 70.7 Å². The van der Waals surface area contributed by atoms with Crippen LogP contribution >= 0.6 is 15.9 Å². The predicted octanol–water partition coefficient (Wildman–Crippen LogP) is 4.51. The van der Waals surface area contributed by atoms with Crippen LogP contribution in [-0.2, 0) is 15.0 Å². The summed E-state index contributed by atoms with van der Waals surface area (Å²) in [5.41, 5.74) is 5.85. The average Bonchev–Trinajstić information content (AvgIpc) is 2.75. The van der Waals surface area contributed by atoms with Gasteiger partial charge in [-0.05, 0) is 55.9 Å². The summed E-state index contributed by atoms with van der Waals surface area (Å²) < 4.78 is 11.8. The first-order valence-corrected chi connectivity index (χ1v) is 10.6. The van der Waals surface area contributed by atoms with Crippen molar-refractivity contribution in [3.8, 4) is 11.5 Å². The van der Waals surface area contributed by atoms with Crippen LogP contribution in [0.3, 0.4) is 0 Å². The Bertz CT molecular complexity index is 1080. The number of hydrogen-bond donors (Lipinski definition) is 2. The van der Waals surface area contributed by atoms with Crippen LogP contribution < -0.4 is 20.3 Å². The molecule has 3 aromatic rings. The van der Waals surface area contributed by atoms with E-state index >= 15 is 0 Å². The van der Waals surface area contributed by atoms with Crippen LogP contribution in [0.15, 0.2) is 65.1 Å². The number of carbonyl (C=O) groups excluding carboxylic acids is 2. The summed E-state index contributed by atoms with van der Waals surface area (Å²) in [6.45, 7) is 5.92. The molecule has 6 nitrogen and oxygen atoms in total. The second-order valence-corrected chi connectivity index (χ2v) is 8.84. The van der Waals surface area contributed by atoms with Crippen LogP contribution in [0.1, 0.15) is 26.3 Å². The van der Waals surface area contributed by atoms with Crippen LogP contribution in [0, 0.1) is 0 Å². The van der Waals surface area contributed by atoms with E-state index in [0.29, 0.717) is 11.5 Å². The number of ether oxygens (including phenoxy) is 2. The zero-order valence-corrected chi connectivity index (χ0v) is 19.3. The number of nitrogens with one attached hydrogen (secondary N) is 2. The number of hydrogen-bond acceptors (Lipinski definition) is 4. The van der Waals surface area contributed by atoms with Gasteiger partial charge in [-0.15, -0.1) is 0 Å². The molecule has 0 aliphatic heterocycles. The van der Waals surface area contributed by atoms with Crippen molar-refractivity contribution in [1.29, 1.82) is 0 Å². The Hall–Kier alpha value is -3.06. The molecule has 7 heteroatoms. The molecule has 2 amide bonds. The first-order valence-electron chi connectivity index (χ1n) is 9.85. The van der Waals surface area contributed by atoms with Gasteiger partial charge in [0.15, 0.2) is 13.2 Å². The van der Waals surface area contributed by atoms with Crippen LogP contribution in [0.2, 0.25) is 0 Å². The van der Waals surface area contributed by atoms with Gasteiger partial charge in [-0.3, -0.25) is 20.4 Å². The van der Waals surface area contributed by atoms with Crippen LogP contribution in [0.5, 0.6) is 11.5 Å². The molecule has 0 unspecified atom stereocenters. The van der Waals surface area contributed by atoms with E-state index in [-0.39, 0.29) is 18.6 Å². The number of halogens is 1. The summed E-state index contributed by atoms with van der Waals surface area (Å²) in [7, 11) is 0. The number of amides is 2. The van der Waals surface area contributed by atoms with Gasteiger partial charge in [0.1, 0.15) is 11.5 Å². The highest BCUT2D eigenvalue weighted by Gasteiger charge is 2.13. The van der Waals surface area contributed by atoms with Crippen LogP contribution in [-0.4, -0.2) is 25.0 Å². The molecular weight excluding hydrogens is 460 g/mol. The van der Waals surface area contributed by atoms with E-state index in [1.54, 1.807) is 6.07 Å². The summed E-state index contributed by atoms with van der Waals surface area (Å²) in [4.78, 5) is 23.9. The molecule has 0 atom stereocenters. The predicted molar refractivity (Wildman–Crippen MR) is 124 cm³/mol. The third-order valence-corrected chi connectivity index (χ3v) is 5.44. The Kier molecular flexibility index (Phi) is 7.17. The minimum Gasteiger partial charge on any atom is -0.484 e. The molecule has 3 aromatic carbocycles. The number of benzene rings is 3. The molecule has 0 aromatic heterocycles. The first-order chi connectivity index (χ1) is 14.7. The van der Waals surface area contributed by atoms with Gasteiger partial charge in [-0.2, -0.15) is 0 Å². The van der Waals surface area contributed by atoms with E-state index in [1.165, 1.54) is 5.56 Å². The summed E-state index contributed by atoms with van der Waals surface area (Å²) in [6.07, 6.45) is 0. The van der Waals surface area contributed by atoms with Gasteiger partial charge < -0.3 is 9.47 Å². The Morgan fingerprint density at radius 2 is 1.45 bits per heavy atom. The zero-order chi connectivity index (χ0) is 22.4. The molecule has 0 saturated carbocycles. The van der Waals surface area contributed by atoms with Gasteiger partial charge >= 0.3 is 0 Å². The molecule has 162 valence electrons. The summed E-state index contributed by atoms with van der Waals surface area (Å²) >= 11 is 3.51. The Labute approximate surface area is 190 Å². The highest BCUT2D eigenvalue weighted by Crippen LogP contribution is 2.33. The number of fused-ring (bicyclic) bond motifs is 1. The standard InChI is InChI=1S/C24H25BrN2O4/c1-24(2,3)17-9-11-18(12-10-17)30-14-21(28)26-27-22(29)15-31-20-13-8-16-6-4-5-7-19(16)23(20)25/h4-13H,14-15H2,1-3H3,(H,26,28)(H,27,29). The smallest absolute Gasteiger partial charge is 0.276 e. The lowest BCUT2D eigenvalue weighted by atomic mass is 9.87. The SMILES string of the molecule is CC(C)(C)c1ccc(OCC(=O)NNC(=O)COc2ccc3ccccc3c2Br)cc1. The number of rotatable bonds is 6. The number of carbonyl (C=O) groups is 2. The third-order valence-electron chi connectivity index (χ3n) is 4.62. The maximum Gasteiger partial charge on any atom is 0.276 e. The van der Waals surface area contributed by atoms with E-state index < -0.39 is 11.8 Å². The van der Waals surface area contributed by atoms with Gasteiger partial charge in [-0.1, -0.05) is 63.2 Å². The fourth-order valence-corrected chi connectivity index (χ4v) is 3.49. The van der Waals surface area contributed by atoms with E-state index in [9.17, 15) is 9.59 Å².